The molecule has 0 radical (unpaired) electrons. The predicted molar refractivity (Wildman–Crippen MR) is 63.4 cm³/mol. The Bertz CT molecular complexity index is 397. The summed E-state index contributed by atoms with van der Waals surface area (Å²) in [4.78, 5) is 11.8. The number of rotatable bonds is 1. The van der Waals surface area contributed by atoms with Crippen molar-refractivity contribution >= 4 is 33.8 Å². The molecule has 0 aromatic heterocycles. The van der Waals surface area contributed by atoms with Crippen molar-refractivity contribution < 1.29 is 9.90 Å². The SMILES string of the molecule is O=C(O)NC1CCSc2ccc(Br)cc21. The van der Waals surface area contributed by atoms with E-state index in [-0.39, 0.29) is 6.04 Å². The summed E-state index contributed by atoms with van der Waals surface area (Å²) in [6.07, 6.45) is -0.113. The number of hydrogen-bond donors (Lipinski definition) is 2. The van der Waals surface area contributed by atoms with Crippen LogP contribution in [0.5, 0.6) is 0 Å². The van der Waals surface area contributed by atoms with Gasteiger partial charge >= 0.3 is 6.09 Å². The van der Waals surface area contributed by atoms with E-state index in [1.54, 1.807) is 11.8 Å². The average molecular weight is 288 g/mol. The lowest BCUT2D eigenvalue weighted by Gasteiger charge is -2.24. The Morgan fingerprint density at radius 3 is 3.13 bits per heavy atom. The fraction of sp³-hybridized carbons (Fsp3) is 0.300. The molecule has 1 atom stereocenters. The summed E-state index contributed by atoms with van der Waals surface area (Å²) in [5.74, 6) is 0.958. The third kappa shape index (κ3) is 2.46. The maximum Gasteiger partial charge on any atom is 0.405 e. The van der Waals surface area contributed by atoms with Gasteiger partial charge in [0.15, 0.2) is 0 Å². The zero-order valence-electron chi connectivity index (χ0n) is 7.87. The molecule has 5 heteroatoms. The van der Waals surface area contributed by atoms with Crippen molar-refractivity contribution in [3.05, 3.63) is 28.2 Å². The summed E-state index contributed by atoms with van der Waals surface area (Å²) < 4.78 is 0.987. The Morgan fingerprint density at radius 2 is 2.40 bits per heavy atom. The van der Waals surface area contributed by atoms with Crippen LogP contribution in [0, 0.1) is 0 Å². The topological polar surface area (TPSA) is 49.3 Å². The average Bonchev–Trinajstić information content (AvgIpc) is 2.18. The van der Waals surface area contributed by atoms with Crippen LogP contribution >= 0.6 is 27.7 Å². The van der Waals surface area contributed by atoms with Crippen molar-refractivity contribution in [2.75, 3.05) is 5.75 Å². The minimum atomic E-state index is -0.960. The number of fused-ring (bicyclic) bond motifs is 1. The summed E-state index contributed by atoms with van der Waals surface area (Å²) in [5.41, 5.74) is 1.07. The van der Waals surface area contributed by atoms with E-state index >= 15 is 0 Å². The minimum Gasteiger partial charge on any atom is -0.465 e. The van der Waals surface area contributed by atoms with Crippen LogP contribution in [0.3, 0.4) is 0 Å². The number of nitrogens with one attached hydrogen (secondary N) is 1. The maximum atomic E-state index is 10.6. The van der Waals surface area contributed by atoms with E-state index in [1.807, 2.05) is 18.2 Å². The Hall–Kier alpha value is -0.680. The highest BCUT2D eigenvalue weighted by Gasteiger charge is 2.22. The summed E-state index contributed by atoms with van der Waals surface area (Å²) >= 11 is 5.17. The van der Waals surface area contributed by atoms with Crippen LogP contribution in [0.15, 0.2) is 27.6 Å². The lowest BCUT2D eigenvalue weighted by atomic mass is 10.0. The van der Waals surface area contributed by atoms with Crippen molar-refractivity contribution in [1.29, 1.82) is 0 Å². The third-order valence-electron chi connectivity index (χ3n) is 2.31. The molecule has 80 valence electrons. The zero-order chi connectivity index (χ0) is 10.8. The molecule has 0 bridgehead atoms. The van der Waals surface area contributed by atoms with Gasteiger partial charge in [-0.15, -0.1) is 11.8 Å². The number of amides is 1. The van der Waals surface area contributed by atoms with Crippen molar-refractivity contribution in [2.24, 2.45) is 0 Å². The molecule has 2 rings (SSSR count). The first-order valence-electron chi connectivity index (χ1n) is 4.58. The summed E-state index contributed by atoms with van der Waals surface area (Å²) in [5, 5.41) is 11.3. The molecule has 1 aromatic carbocycles. The molecule has 1 aliphatic heterocycles. The Kier molecular flexibility index (Phi) is 3.21. The number of carbonyl (C=O) groups is 1. The fourth-order valence-electron chi connectivity index (χ4n) is 1.66. The lowest BCUT2D eigenvalue weighted by Crippen LogP contribution is -2.29. The molecule has 1 aromatic rings. The molecule has 1 amide bonds. The van der Waals surface area contributed by atoms with Crippen LogP contribution in [0.1, 0.15) is 18.0 Å². The quantitative estimate of drug-likeness (QED) is 0.834. The van der Waals surface area contributed by atoms with E-state index in [2.05, 4.69) is 21.2 Å². The largest absolute Gasteiger partial charge is 0.465 e. The molecular formula is C10H10BrNO2S. The number of halogens is 1. The first kappa shape index (κ1) is 10.8. The molecule has 0 spiro atoms. The second kappa shape index (κ2) is 4.45. The minimum absolute atomic E-state index is 0.0729. The highest BCUT2D eigenvalue weighted by molar-refractivity contribution is 9.10. The number of carboxylic acid groups (broad SMARTS) is 1. The van der Waals surface area contributed by atoms with Gasteiger partial charge in [0.2, 0.25) is 0 Å². The van der Waals surface area contributed by atoms with E-state index in [0.717, 1.165) is 22.2 Å². The van der Waals surface area contributed by atoms with E-state index in [1.165, 1.54) is 4.90 Å². The van der Waals surface area contributed by atoms with Gasteiger partial charge in [-0.25, -0.2) is 4.79 Å². The molecule has 0 saturated carbocycles. The molecule has 1 unspecified atom stereocenters. The van der Waals surface area contributed by atoms with Gasteiger partial charge in [-0.3, -0.25) is 0 Å². The number of thioether (sulfide) groups is 1. The van der Waals surface area contributed by atoms with E-state index in [4.69, 9.17) is 5.11 Å². The fourth-order valence-corrected chi connectivity index (χ4v) is 3.15. The van der Waals surface area contributed by atoms with Crippen LogP contribution in [0.4, 0.5) is 4.79 Å². The summed E-state index contributed by atoms with van der Waals surface area (Å²) in [6.45, 7) is 0. The van der Waals surface area contributed by atoms with Gasteiger partial charge in [0.1, 0.15) is 0 Å². The highest BCUT2D eigenvalue weighted by atomic mass is 79.9. The zero-order valence-corrected chi connectivity index (χ0v) is 10.3. The van der Waals surface area contributed by atoms with E-state index in [0.29, 0.717) is 0 Å². The lowest BCUT2D eigenvalue weighted by molar-refractivity contribution is 0.189. The monoisotopic (exact) mass is 287 g/mol. The molecule has 15 heavy (non-hydrogen) atoms. The Morgan fingerprint density at radius 1 is 1.60 bits per heavy atom. The maximum absolute atomic E-state index is 10.6. The molecule has 2 N–H and O–H groups in total. The second-order valence-corrected chi connectivity index (χ2v) is 5.37. The van der Waals surface area contributed by atoms with Crippen molar-refractivity contribution in [2.45, 2.75) is 17.4 Å². The Balaban J connectivity index is 2.32. The van der Waals surface area contributed by atoms with Crippen LogP contribution in [0.2, 0.25) is 0 Å². The van der Waals surface area contributed by atoms with Gasteiger partial charge in [0.25, 0.3) is 0 Å². The molecule has 0 aliphatic carbocycles. The standard InChI is InChI=1S/C10H10BrNO2S/c11-6-1-2-9-7(5-6)8(3-4-15-9)12-10(13)14/h1-2,5,8,12H,3-4H2,(H,13,14). The van der Waals surface area contributed by atoms with Crippen molar-refractivity contribution in [1.82, 2.24) is 5.32 Å². The van der Waals surface area contributed by atoms with Gasteiger partial charge in [0, 0.05) is 15.1 Å². The molecule has 1 heterocycles. The molecule has 3 nitrogen and oxygen atoms in total. The van der Waals surface area contributed by atoms with Crippen LogP contribution in [-0.4, -0.2) is 17.0 Å². The second-order valence-electron chi connectivity index (χ2n) is 3.32. The first-order valence-corrected chi connectivity index (χ1v) is 6.36. The smallest absolute Gasteiger partial charge is 0.405 e. The van der Waals surface area contributed by atoms with Crippen LogP contribution < -0.4 is 5.32 Å². The van der Waals surface area contributed by atoms with Crippen LogP contribution in [-0.2, 0) is 0 Å². The molecule has 1 aliphatic rings. The van der Waals surface area contributed by atoms with Gasteiger partial charge in [0.05, 0.1) is 6.04 Å². The molecule has 0 saturated heterocycles. The van der Waals surface area contributed by atoms with Gasteiger partial charge < -0.3 is 10.4 Å². The third-order valence-corrected chi connectivity index (χ3v) is 3.92. The first-order chi connectivity index (χ1) is 7.16. The van der Waals surface area contributed by atoms with Crippen molar-refractivity contribution in [3.8, 4) is 0 Å². The van der Waals surface area contributed by atoms with Gasteiger partial charge in [-0.05, 0) is 30.2 Å². The molecular weight excluding hydrogens is 278 g/mol. The highest BCUT2D eigenvalue weighted by Crippen LogP contribution is 2.37. The summed E-state index contributed by atoms with van der Waals surface area (Å²) in [6, 6.07) is 5.92. The van der Waals surface area contributed by atoms with Crippen molar-refractivity contribution in [3.63, 3.8) is 0 Å². The number of benzene rings is 1. The number of hydrogen-bond acceptors (Lipinski definition) is 2. The predicted octanol–water partition coefficient (Wildman–Crippen LogP) is 3.25. The van der Waals surface area contributed by atoms with Gasteiger partial charge in [-0.1, -0.05) is 15.9 Å². The van der Waals surface area contributed by atoms with E-state index in [9.17, 15) is 4.79 Å². The molecule has 0 fully saturated rings. The summed E-state index contributed by atoms with van der Waals surface area (Å²) in [7, 11) is 0. The van der Waals surface area contributed by atoms with E-state index < -0.39 is 6.09 Å². The van der Waals surface area contributed by atoms with Gasteiger partial charge in [-0.2, -0.15) is 0 Å². The Labute approximate surface area is 100 Å². The van der Waals surface area contributed by atoms with Crippen LogP contribution in [0.25, 0.3) is 0 Å². The normalized spacial score (nSPS) is 19.4.